The molecule has 0 spiro atoms. The number of fused-ring (bicyclic) bond motifs is 1. The number of benzene rings is 1. The van der Waals surface area contributed by atoms with Crippen molar-refractivity contribution in [2.24, 2.45) is 0 Å². The molecule has 26 heavy (non-hydrogen) atoms. The quantitative estimate of drug-likeness (QED) is 0.567. The van der Waals surface area contributed by atoms with E-state index in [1.807, 2.05) is 18.8 Å². The highest BCUT2D eigenvalue weighted by atomic mass is 32.2. The zero-order valence-electron chi connectivity index (χ0n) is 15.1. The van der Waals surface area contributed by atoms with E-state index in [0.29, 0.717) is 34.6 Å². The summed E-state index contributed by atoms with van der Waals surface area (Å²) in [7, 11) is 0.665. The molecule has 0 saturated carbocycles. The van der Waals surface area contributed by atoms with E-state index in [4.69, 9.17) is 0 Å². The standard InChI is InChI=1S/C14H18F2N2O4S.C2H7N/c1-17-23(20,21)18(7-8-19)14-12(22-16)9-10-5-3-2-4-6-11(10)13(14)15;1-3-2/h8-9,17H,2-7H2,1H3;3H,1-2H3. The summed E-state index contributed by atoms with van der Waals surface area (Å²) in [5.41, 5.74) is 0.361. The van der Waals surface area contributed by atoms with Crippen molar-refractivity contribution in [3.63, 3.8) is 0 Å². The first kappa shape index (κ1) is 22.3. The fourth-order valence-corrected chi connectivity index (χ4v) is 3.66. The molecule has 1 aliphatic rings. The van der Waals surface area contributed by atoms with Gasteiger partial charge in [0.1, 0.15) is 12.0 Å². The molecular formula is C16H25F2N3O4S. The molecule has 0 aromatic heterocycles. The second-order valence-electron chi connectivity index (χ2n) is 5.72. The van der Waals surface area contributed by atoms with E-state index in [2.05, 4.69) is 10.3 Å². The third-order valence-corrected chi connectivity index (χ3v) is 5.32. The third-order valence-electron chi connectivity index (χ3n) is 3.89. The maximum Gasteiger partial charge on any atom is 0.301 e. The Hall–Kier alpha value is -1.78. The summed E-state index contributed by atoms with van der Waals surface area (Å²) in [6.45, 7) is -0.658. The van der Waals surface area contributed by atoms with Gasteiger partial charge in [0.05, 0.1) is 6.54 Å². The van der Waals surface area contributed by atoms with Crippen LogP contribution in [0.15, 0.2) is 6.07 Å². The summed E-state index contributed by atoms with van der Waals surface area (Å²) in [5, 5.41) is 2.75. The van der Waals surface area contributed by atoms with Crippen LogP contribution in [0.3, 0.4) is 0 Å². The van der Waals surface area contributed by atoms with E-state index in [1.54, 1.807) is 0 Å². The Morgan fingerprint density at radius 1 is 1.23 bits per heavy atom. The molecule has 0 heterocycles. The van der Waals surface area contributed by atoms with Crippen molar-refractivity contribution in [3.05, 3.63) is 23.0 Å². The third kappa shape index (κ3) is 5.12. The molecule has 1 aliphatic carbocycles. The van der Waals surface area contributed by atoms with Crippen molar-refractivity contribution < 1.29 is 27.1 Å². The van der Waals surface area contributed by atoms with Gasteiger partial charge in [-0.1, -0.05) is 6.42 Å². The predicted molar refractivity (Wildman–Crippen MR) is 95.8 cm³/mol. The van der Waals surface area contributed by atoms with Gasteiger partial charge >= 0.3 is 10.2 Å². The predicted octanol–water partition coefficient (Wildman–Crippen LogP) is 1.66. The number of rotatable bonds is 6. The highest BCUT2D eigenvalue weighted by Crippen LogP contribution is 2.39. The molecule has 2 rings (SSSR count). The Morgan fingerprint density at radius 3 is 2.38 bits per heavy atom. The van der Waals surface area contributed by atoms with Gasteiger partial charge in [0.25, 0.3) is 0 Å². The van der Waals surface area contributed by atoms with Crippen LogP contribution in [-0.2, 0) is 27.8 Å². The van der Waals surface area contributed by atoms with Gasteiger partial charge in [0.15, 0.2) is 11.6 Å². The number of anilines is 1. The number of nitrogens with zero attached hydrogens (tertiary/aromatic N) is 1. The molecule has 0 saturated heterocycles. The summed E-state index contributed by atoms with van der Waals surface area (Å²) >= 11 is 0. The average molecular weight is 393 g/mol. The molecule has 0 atom stereocenters. The molecule has 0 bridgehead atoms. The van der Waals surface area contributed by atoms with E-state index in [0.717, 1.165) is 26.3 Å². The lowest BCUT2D eigenvalue weighted by atomic mass is 10.0. The smallest absolute Gasteiger partial charge is 0.301 e. The van der Waals surface area contributed by atoms with Crippen molar-refractivity contribution in [1.82, 2.24) is 10.0 Å². The Morgan fingerprint density at radius 2 is 1.85 bits per heavy atom. The lowest BCUT2D eigenvalue weighted by Crippen LogP contribution is -2.41. The number of hydrogen-bond donors (Lipinski definition) is 2. The Kier molecular flexibility index (Phi) is 8.89. The van der Waals surface area contributed by atoms with Gasteiger partial charge in [-0.15, -0.1) is 0 Å². The summed E-state index contributed by atoms with van der Waals surface area (Å²) in [6.07, 6.45) is 3.78. The monoisotopic (exact) mass is 393 g/mol. The average Bonchev–Trinajstić information content (AvgIpc) is 2.86. The van der Waals surface area contributed by atoms with Crippen LogP contribution in [0.1, 0.15) is 30.4 Å². The first-order chi connectivity index (χ1) is 12.4. The second kappa shape index (κ2) is 10.4. The Labute approximate surface area is 152 Å². The van der Waals surface area contributed by atoms with E-state index >= 15 is 0 Å². The van der Waals surface area contributed by atoms with Crippen LogP contribution in [-0.4, -0.2) is 42.4 Å². The van der Waals surface area contributed by atoms with Crippen LogP contribution in [0.2, 0.25) is 0 Å². The number of hydrogen-bond acceptors (Lipinski definition) is 5. The fourth-order valence-electron chi connectivity index (χ4n) is 2.77. The zero-order valence-corrected chi connectivity index (χ0v) is 16.0. The highest BCUT2D eigenvalue weighted by Gasteiger charge is 2.31. The first-order valence-electron chi connectivity index (χ1n) is 8.24. The number of nitrogens with one attached hydrogen (secondary N) is 2. The minimum atomic E-state index is -4.20. The lowest BCUT2D eigenvalue weighted by molar-refractivity contribution is -0.106. The van der Waals surface area contributed by atoms with Crippen molar-refractivity contribution in [3.8, 4) is 5.75 Å². The van der Waals surface area contributed by atoms with Crippen LogP contribution >= 0.6 is 0 Å². The Bertz CT molecular complexity index is 714. The topological polar surface area (TPSA) is 87.7 Å². The SMILES string of the molecule is CNC.CNS(=O)(=O)N(CC=O)c1c(OF)cc2c(c1F)CCCCC2. The maximum absolute atomic E-state index is 14.9. The van der Waals surface area contributed by atoms with Gasteiger partial charge in [-0.3, -0.25) is 4.94 Å². The zero-order chi connectivity index (χ0) is 19.7. The van der Waals surface area contributed by atoms with Gasteiger partial charge in [0.2, 0.25) is 0 Å². The molecule has 0 radical (unpaired) electrons. The summed E-state index contributed by atoms with van der Waals surface area (Å²) in [6, 6.07) is 1.31. The summed E-state index contributed by atoms with van der Waals surface area (Å²) in [5.74, 6) is -1.42. The number of aldehydes is 1. The van der Waals surface area contributed by atoms with Crippen LogP contribution in [0.4, 0.5) is 14.6 Å². The van der Waals surface area contributed by atoms with Gasteiger partial charge < -0.3 is 10.1 Å². The highest BCUT2D eigenvalue weighted by molar-refractivity contribution is 7.90. The Balaban J connectivity index is 0.00000105. The van der Waals surface area contributed by atoms with Crippen LogP contribution in [0.25, 0.3) is 0 Å². The van der Waals surface area contributed by atoms with Crippen LogP contribution < -0.4 is 19.3 Å². The molecule has 148 valence electrons. The minimum Gasteiger partial charge on any atom is -0.323 e. The van der Waals surface area contributed by atoms with Crippen LogP contribution in [0.5, 0.6) is 5.75 Å². The lowest BCUT2D eigenvalue weighted by Gasteiger charge is -2.24. The fraction of sp³-hybridized carbons (Fsp3) is 0.562. The van der Waals surface area contributed by atoms with Crippen molar-refractivity contribution in [2.45, 2.75) is 32.1 Å². The number of aryl methyl sites for hydroxylation is 1. The van der Waals surface area contributed by atoms with Gasteiger partial charge in [-0.2, -0.15) is 8.42 Å². The van der Waals surface area contributed by atoms with E-state index in [9.17, 15) is 22.1 Å². The van der Waals surface area contributed by atoms with Gasteiger partial charge in [0, 0.05) is 11.6 Å². The molecule has 1 aromatic rings. The maximum atomic E-state index is 14.9. The molecular weight excluding hydrogens is 368 g/mol. The van der Waals surface area contributed by atoms with Gasteiger partial charge in [-0.25, -0.2) is 13.4 Å². The van der Waals surface area contributed by atoms with E-state index in [-0.39, 0.29) is 0 Å². The molecule has 2 N–H and O–H groups in total. The molecule has 0 aliphatic heterocycles. The van der Waals surface area contributed by atoms with Crippen molar-refractivity contribution in [1.29, 1.82) is 0 Å². The van der Waals surface area contributed by atoms with Crippen molar-refractivity contribution >= 4 is 22.2 Å². The number of halogens is 2. The largest absolute Gasteiger partial charge is 0.323 e. The van der Waals surface area contributed by atoms with Crippen molar-refractivity contribution in [2.75, 3.05) is 32.0 Å². The molecule has 0 amide bonds. The van der Waals surface area contributed by atoms with E-state index in [1.165, 1.54) is 6.07 Å². The molecule has 10 heteroatoms. The van der Waals surface area contributed by atoms with E-state index < -0.39 is 34.0 Å². The number of carbonyl (C=O) groups excluding carboxylic acids is 1. The molecule has 1 aromatic carbocycles. The number of carbonyl (C=O) groups is 1. The summed E-state index contributed by atoms with van der Waals surface area (Å²) in [4.78, 5) is 14.5. The first-order valence-corrected chi connectivity index (χ1v) is 9.68. The van der Waals surface area contributed by atoms with Gasteiger partial charge in [-0.05, 0) is 57.0 Å². The second-order valence-corrected chi connectivity index (χ2v) is 7.52. The summed E-state index contributed by atoms with van der Waals surface area (Å²) < 4.78 is 54.4. The molecule has 0 fully saturated rings. The molecule has 0 unspecified atom stereocenters. The normalized spacial score (nSPS) is 13.7. The molecule has 7 nitrogen and oxygen atoms in total. The van der Waals surface area contributed by atoms with Crippen LogP contribution in [0, 0.1) is 5.82 Å². The minimum absolute atomic E-state index is 0.294.